The minimum atomic E-state index is 0.560. The average Bonchev–Trinajstić information content (AvgIpc) is 2.78. The quantitative estimate of drug-likeness (QED) is 0.858. The van der Waals surface area contributed by atoms with Gasteiger partial charge < -0.3 is 5.32 Å². The standard InChI is InChI=1S/C12H14Cl2N4/c1-2-5-15-7-12-16-8-17-18(12)11-4-3-9(13)6-10(11)14/h3-4,6,8,15H,2,5,7H2,1H3. The molecule has 1 aromatic heterocycles. The van der Waals surface area contributed by atoms with Gasteiger partial charge in [0.25, 0.3) is 0 Å². The second-order valence-electron chi connectivity index (χ2n) is 3.86. The maximum atomic E-state index is 6.16. The zero-order valence-corrected chi connectivity index (χ0v) is 11.5. The molecule has 0 unspecified atom stereocenters. The van der Waals surface area contributed by atoms with Gasteiger partial charge >= 0.3 is 0 Å². The Bertz CT molecular complexity index is 525. The van der Waals surface area contributed by atoms with Crippen molar-refractivity contribution < 1.29 is 0 Å². The Labute approximate surface area is 116 Å². The van der Waals surface area contributed by atoms with Gasteiger partial charge in [-0.05, 0) is 31.2 Å². The molecule has 0 fully saturated rings. The second-order valence-corrected chi connectivity index (χ2v) is 4.70. The molecule has 18 heavy (non-hydrogen) atoms. The van der Waals surface area contributed by atoms with E-state index < -0.39 is 0 Å². The molecule has 0 atom stereocenters. The topological polar surface area (TPSA) is 42.7 Å². The summed E-state index contributed by atoms with van der Waals surface area (Å²) >= 11 is 12.0. The number of hydrogen-bond acceptors (Lipinski definition) is 3. The lowest BCUT2D eigenvalue weighted by atomic mass is 10.3. The van der Waals surface area contributed by atoms with Crippen molar-refractivity contribution in [3.63, 3.8) is 0 Å². The highest BCUT2D eigenvalue weighted by atomic mass is 35.5. The normalized spacial score (nSPS) is 10.8. The van der Waals surface area contributed by atoms with E-state index in [0.29, 0.717) is 16.6 Å². The predicted molar refractivity (Wildman–Crippen MR) is 73.4 cm³/mol. The van der Waals surface area contributed by atoms with Crippen molar-refractivity contribution >= 4 is 23.2 Å². The van der Waals surface area contributed by atoms with Gasteiger partial charge in [0.1, 0.15) is 12.2 Å². The molecular weight excluding hydrogens is 271 g/mol. The van der Waals surface area contributed by atoms with Crippen molar-refractivity contribution in [2.45, 2.75) is 19.9 Å². The maximum Gasteiger partial charge on any atom is 0.146 e. The molecule has 0 aliphatic heterocycles. The number of rotatable bonds is 5. The van der Waals surface area contributed by atoms with Crippen LogP contribution in [0.3, 0.4) is 0 Å². The fraction of sp³-hybridized carbons (Fsp3) is 0.333. The molecule has 96 valence electrons. The molecule has 0 saturated heterocycles. The Hall–Kier alpha value is -1.10. The van der Waals surface area contributed by atoms with Gasteiger partial charge in [-0.15, -0.1) is 0 Å². The van der Waals surface area contributed by atoms with Gasteiger partial charge in [-0.2, -0.15) is 5.10 Å². The zero-order valence-electron chi connectivity index (χ0n) is 10.0. The Morgan fingerprint density at radius 2 is 2.17 bits per heavy atom. The maximum absolute atomic E-state index is 6.16. The van der Waals surface area contributed by atoms with Gasteiger partial charge in [-0.1, -0.05) is 30.1 Å². The zero-order chi connectivity index (χ0) is 13.0. The van der Waals surface area contributed by atoms with Crippen LogP contribution < -0.4 is 5.32 Å². The average molecular weight is 285 g/mol. The molecule has 0 saturated carbocycles. The molecule has 0 amide bonds. The number of nitrogens with zero attached hydrogens (tertiary/aromatic N) is 3. The van der Waals surface area contributed by atoms with Crippen LogP contribution in [-0.2, 0) is 6.54 Å². The first-order valence-electron chi connectivity index (χ1n) is 5.77. The van der Waals surface area contributed by atoms with Gasteiger partial charge in [0.2, 0.25) is 0 Å². The fourth-order valence-corrected chi connectivity index (χ4v) is 2.11. The number of benzene rings is 1. The van der Waals surface area contributed by atoms with E-state index in [0.717, 1.165) is 24.5 Å². The van der Waals surface area contributed by atoms with Crippen LogP contribution in [0.15, 0.2) is 24.5 Å². The van der Waals surface area contributed by atoms with Crippen LogP contribution in [0, 0.1) is 0 Å². The monoisotopic (exact) mass is 284 g/mol. The summed E-state index contributed by atoms with van der Waals surface area (Å²) in [7, 11) is 0. The summed E-state index contributed by atoms with van der Waals surface area (Å²) in [5, 5.41) is 8.65. The number of hydrogen-bond donors (Lipinski definition) is 1. The van der Waals surface area contributed by atoms with E-state index in [1.54, 1.807) is 16.8 Å². The summed E-state index contributed by atoms with van der Waals surface area (Å²) in [5.41, 5.74) is 0.784. The van der Waals surface area contributed by atoms with Crippen molar-refractivity contribution in [2.75, 3.05) is 6.54 Å². The SMILES string of the molecule is CCCNCc1ncnn1-c1ccc(Cl)cc1Cl. The van der Waals surface area contributed by atoms with E-state index in [1.165, 1.54) is 6.33 Å². The molecule has 2 rings (SSSR count). The highest BCUT2D eigenvalue weighted by Crippen LogP contribution is 2.24. The molecule has 0 aliphatic carbocycles. The van der Waals surface area contributed by atoms with Crippen LogP contribution in [0.1, 0.15) is 19.2 Å². The fourth-order valence-electron chi connectivity index (χ4n) is 1.62. The van der Waals surface area contributed by atoms with Crippen molar-refractivity contribution in [2.24, 2.45) is 0 Å². The first-order valence-corrected chi connectivity index (χ1v) is 6.53. The van der Waals surface area contributed by atoms with Crippen LogP contribution in [-0.4, -0.2) is 21.3 Å². The van der Waals surface area contributed by atoms with Crippen LogP contribution in [0.25, 0.3) is 5.69 Å². The summed E-state index contributed by atoms with van der Waals surface area (Å²) in [6.07, 6.45) is 2.60. The van der Waals surface area contributed by atoms with E-state index >= 15 is 0 Å². The molecule has 1 aromatic carbocycles. The van der Waals surface area contributed by atoms with Gasteiger partial charge in [0.05, 0.1) is 17.3 Å². The molecular formula is C12H14Cl2N4. The van der Waals surface area contributed by atoms with Crippen LogP contribution >= 0.6 is 23.2 Å². The molecule has 4 nitrogen and oxygen atoms in total. The Morgan fingerprint density at radius 3 is 2.89 bits per heavy atom. The van der Waals surface area contributed by atoms with Gasteiger partial charge in [0.15, 0.2) is 0 Å². The smallest absolute Gasteiger partial charge is 0.146 e. The summed E-state index contributed by atoms with van der Waals surface area (Å²) < 4.78 is 1.72. The summed E-state index contributed by atoms with van der Waals surface area (Å²) in [6.45, 7) is 3.72. The summed E-state index contributed by atoms with van der Waals surface area (Å²) in [4.78, 5) is 4.23. The third-order valence-corrected chi connectivity index (χ3v) is 3.00. The first kappa shape index (κ1) is 13.3. The van der Waals surface area contributed by atoms with Gasteiger partial charge in [-0.3, -0.25) is 0 Å². The molecule has 0 spiro atoms. The highest BCUT2D eigenvalue weighted by Gasteiger charge is 2.09. The molecule has 0 aliphatic rings. The minimum Gasteiger partial charge on any atom is -0.310 e. The van der Waals surface area contributed by atoms with Crippen LogP contribution in [0.5, 0.6) is 0 Å². The molecule has 1 N–H and O–H groups in total. The summed E-state index contributed by atoms with van der Waals surface area (Å²) in [6, 6.07) is 5.32. The Kier molecular flexibility index (Phi) is 4.58. The first-order chi connectivity index (χ1) is 8.72. The van der Waals surface area contributed by atoms with Crippen molar-refractivity contribution in [3.05, 3.63) is 40.4 Å². The van der Waals surface area contributed by atoms with Crippen molar-refractivity contribution in [1.29, 1.82) is 0 Å². The van der Waals surface area contributed by atoms with E-state index in [1.807, 2.05) is 6.07 Å². The van der Waals surface area contributed by atoms with Gasteiger partial charge in [-0.25, -0.2) is 9.67 Å². The van der Waals surface area contributed by atoms with Crippen molar-refractivity contribution in [3.8, 4) is 5.69 Å². The second kappa shape index (κ2) is 6.18. The lowest BCUT2D eigenvalue weighted by Gasteiger charge is -2.08. The number of aromatic nitrogens is 3. The van der Waals surface area contributed by atoms with E-state index in [2.05, 4.69) is 22.3 Å². The Morgan fingerprint density at radius 1 is 1.33 bits per heavy atom. The molecule has 0 bridgehead atoms. The largest absolute Gasteiger partial charge is 0.310 e. The van der Waals surface area contributed by atoms with Gasteiger partial charge in [0, 0.05) is 5.02 Å². The lowest BCUT2D eigenvalue weighted by molar-refractivity contribution is 0.633. The van der Waals surface area contributed by atoms with Crippen molar-refractivity contribution in [1.82, 2.24) is 20.1 Å². The third kappa shape index (κ3) is 3.02. The van der Waals surface area contributed by atoms with Crippen LogP contribution in [0.2, 0.25) is 10.0 Å². The molecule has 0 radical (unpaired) electrons. The third-order valence-electron chi connectivity index (χ3n) is 2.47. The highest BCUT2D eigenvalue weighted by molar-refractivity contribution is 6.35. The van der Waals surface area contributed by atoms with Crippen LogP contribution in [0.4, 0.5) is 0 Å². The molecule has 1 heterocycles. The minimum absolute atomic E-state index is 0.560. The van der Waals surface area contributed by atoms with E-state index in [-0.39, 0.29) is 0 Å². The molecule has 6 heteroatoms. The Balaban J connectivity index is 2.25. The lowest BCUT2D eigenvalue weighted by Crippen LogP contribution is -2.17. The number of nitrogens with one attached hydrogen (secondary N) is 1. The van der Waals surface area contributed by atoms with E-state index in [4.69, 9.17) is 23.2 Å². The summed E-state index contributed by atoms with van der Waals surface area (Å²) in [5.74, 6) is 0.827. The molecule has 2 aromatic rings. The number of halogens is 2. The van der Waals surface area contributed by atoms with E-state index in [9.17, 15) is 0 Å². The predicted octanol–water partition coefficient (Wildman–Crippen LogP) is 3.07.